The van der Waals surface area contributed by atoms with E-state index in [1.54, 1.807) is 19.9 Å². The third-order valence-corrected chi connectivity index (χ3v) is 6.06. The van der Waals surface area contributed by atoms with Crippen LogP contribution in [0.25, 0.3) is 0 Å². The maximum atomic E-state index is 13.0. The molecular weight excluding hydrogens is 453 g/mol. The van der Waals surface area contributed by atoms with E-state index in [0.717, 1.165) is 17.4 Å². The van der Waals surface area contributed by atoms with Crippen LogP contribution in [0.15, 0.2) is 11.1 Å². The molecule has 0 atom stereocenters. The standard InChI is InChI=1S/C19H15F3N4O3S2/c1-4-29-18(28)15-10(3)12(7-24)17(31-15)26-14(27)8-30-16-11(6-23)9(2)5-13(25-16)19(20,21)22/h5H,4,8H2,1-3H3,(H,26,27). The zero-order valence-electron chi connectivity index (χ0n) is 16.5. The van der Waals surface area contributed by atoms with Gasteiger partial charge in [-0.1, -0.05) is 11.8 Å². The zero-order valence-corrected chi connectivity index (χ0v) is 18.1. The molecule has 12 heteroatoms. The molecule has 0 saturated carbocycles. The minimum absolute atomic E-state index is 0.0555. The average Bonchev–Trinajstić information content (AvgIpc) is 3.00. The second-order valence-corrected chi connectivity index (χ2v) is 8.03. The second kappa shape index (κ2) is 9.81. The molecule has 2 rings (SSSR count). The van der Waals surface area contributed by atoms with Crippen molar-refractivity contribution in [2.45, 2.75) is 32.0 Å². The van der Waals surface area contributed by atoms with E-state index in [0.29, 0.717) is 17.3 Å². The predicted octanol–water partition coefficient (Wildman–Crippen LogP) is 4.43. The number of rotatable bonds is 6. The van der Waals surface area contributed by atoms with Gasteiger partial charge >= 0.3 is 12.1 Å². The van der Waals surface area contributed by atoms with Gasteiger partial charge in [0.2, 0.25) is 5.91 Å². The number of carbonyl (C=O) groups is 2. The Morgan fingerprint density at radius 3 is 2.45 bits per heavy atom. The SMILES string of the molecule is CCOC(=O)c1sc(NC(=O)CSc2nc(C(F)(F)F)cc(C)c2C#N)c(C#N)c1C. The molecule has 1 amide bonds. The molecule has 0 aromatic carbocycles. The van der Waals surface area contributed by atoms with Crippen LogP contribution in [0.4, 0.5) is 18.2 Å². The summed E-state index contributed by atoms with van der Waals surface area (Å²) in [5.41, 5.74) is -0.674. The summed E-state index contributed by atoms with van der Waals surface area (Å²) in [6.45, 7) is 4.66. The molecule has 0 unspecified atom stereocenters. The smallest absolute Gasteiger partial charge is 0.433 e. The minimum atomic E-state index is -4.70. The van der Waals surface area contributed by atoms with Crippen LogP contribution in [0.5, 0.6) is 0 Å². The van der Waals surface area contributed by atoms with Crippen LogP contribution in [0.1, 0.15) is 44.5 Å². The fourth-order valence-corrected chi connectivity index (χ4v) is 4.37. The lowest BCUT2D eigenvalue weighted by Crippen LogP contribution is -2.15. The number of ether oxygens (including phenoxy) is 1. The maximum Gasteiger partial charge on any atom is 0.433 e. The number of pyridine rings is 1. The molecule has 2 heterocycles. The number of nitrogens with zero attached hydrogens (tertiary/aromatic N) is 3. The lowest BCUT2D eigenvalue weighted by atomic mass is 10.1. The first-order valence-electron chi connectivity index (χ1n) is 8.65. The van der Waals surface area contributed by atoms with Gasteiger partial charge in [0.25, 0.3) is 0 Å². The summed E-state index contributed by atoms with van der Waals surface area (Å²) < 4.78 is 44.0. The van der Waals surface area contributed by atoms with E-state index in [2.05, 4.69) is 10.3 Å². The molecular formula is C19H15F3N4O3S2. The fraction of sp³-hybridized carbons (Fsp3) is 0.316. The van der Waals surface area contributed by atoms with Crippen molar-refractivity contribution in [3.05, 3.63) is 38.9 Å². The van der Waals surface area contributed by atoms with Crippen LogP contribution in [0, 0.1) is 36.5 Å². The van der Waals surface area contributed by atoms with Crippen LogP contribution in [0.3, 0.4) is 0 Å². The highest BCUT2D eigenvalue weighted by molar-refractivity contribution is 8.00. The van der Waals surface area contributed by atoms with Gasteiger partial charge in [-0.3, -0.25) is 4.79 Å². The van der Waals surface area contributed by atoms with Gasteiger partial charge in [0.15, 0.2) is 0 Å². The third-order valence-electron chi connectivity index (χ3n) is 3.90. The lowest BCUT2D eigenvalue weighted by molar-refractivity contribution is -0.141. The summed E-state index contributed by atoms with van der Waals surface area (Å²) in [6.07, 6.45) is -4.70. The summed E-state index contributed by atoms with van der Waals surface area (Å²) in [4.78, 5) is 28.0. The van der Waals surface area contributed by atoms with Crippen molar-refractivity contribution in [3.8, 4) is 12.1 Å². The summed E-state index contributed by atoms with van der Waals surface area (Å²) in [5, 5.41) is 21.0. The number of aryl methyl sites for hydroxylation is 1. The molecule has 2 aromatic rings. The van der Waals surface area contributed by atoms with E-state index in [4.69, 9.17) is 4.74 Å². The Balaban J connectivity index is 2.23. The van der Waals surface area contributed by atoms with Crippen LogP contribution >= 0.6 is 23.1 Å². The highest BCUT2D eigenvalue weighted by Crippen LogP contribution is 2.34. The molecule has 0 spiro atoms. The molecule has 0 aliphatic rings. The van der Waals surface area contributed by atoms with Crippen molar-refractivity contribution in [1.29, 1.82) is 10.5 Å². The highest BCUT2D eigenvalue weighted by Gasteiger charge is 2.34. The first-order valence-corrected chi connectivity index (χ1v) is 10.5. The van der Waals surface area contributed by atoms with Gasteiger partial charge < -0.3 is 10.1 Å². The van der Waals surface area contributed by atoms with E-state index in [1.165, 1.54) is 6.92 Å². The molecule has 162 valence electrons. The molecule has 0 fully saturated rings. The summed E-state index contributed by atoms with van der Waals surface area (Å²) >= 11 is 1.54. The van der Waals surface area contributed by atoms with Gasteiger partial charge in [-0.05, 0) is 38.0 Å². The number of esters is 1. The fourth-order valence-electron chi connectivity index (χ4n) is 2.45. The normalized spacial score (nSPS) is 10.8. The number of anilines is 1. The monoisotopic (exact) mass is 468 g/mol. The predicted molar refractivity (Wildman–Crippen MR) is 108 cm³/mol. The van der Waals surface area contributed by atoms with E-state index in [-0.39, 0.29) is 44.0 Å². The molecule has 0 aliphatic carbocycles. The third kappa shape index (κ3) is 5.54. The topological polar surface area (TPSA) is 116 Å². The van der Waals surface area contributed by atoms with Crippen LogP contribution in [-0.4, -0.2) is 29.2 Å². The number of amides is 1. The van der Waals surface area contributed by atoms with Crippen molar-refractivity contribution >= 4 is 40.0 Å². The second-order valence-electron chi connectivity index (χ2n) is 6.04. The van der Waals surface area contributed by atoms with Gasteiger partial charge in [-0.2, -0.15) is 23.7 Å². The van der Waals surface area contributed by atoms with Crippen LogP contribution < -0.4 is 5.32 Å². The largest absolute Gasteiger partial charge is 0.462 e. The van der Waals surface area contributed by atoms with E-state index >= 15 is 0 Å². The number of thiophene rings is 1. The highest BCUT2D eigenvalue weighted by atomic mass is 32.2. The molecule has 1 N–H and O–H groups in total. The molecule has 31 heavy (non-hydrogen) atoms. The van der Waals surface area contributed by atoms with Crippen molar-refractivity contribution < 1.29 is 27.5 Å². The molecule has 0 bridgehead atoms. The zero-order chi connectivity index (χ0) is 23.3. The number of nitriles is 2. The summed E-state index contributed by atoms with van der Waals surface area (Å²) in [5.74, 6) is -1.63. The molecule has 0 saturated heterocycles. The Morgan fingerprint density at radius 1 is 1.26 bits per heavy atom. The number of thioether (sulfide) groups is 1. The van der Waals surface area contributed by atoms with Gasteiger partial charge in [0.1, 0.15) is 32.7 Å². The summed E-state index contributed by atoms with van der Waals surface area (Å²) in [7, 11) is 0. The summed E-state index contributed by atoms with van der Waals surface area (Å²) in [6, 6.07) is 4.48. The molecule has 2 aromatic heterocycles. The first kappa shape index (κ1) is 24.2. The Labute approximate surface area is 183 Å². The van der Waals surface area contributed by atoms with Crippen molar-refractivity contribution in [2.24, 2.45) is 0 Å². The molecule has 7 nitrogen and oxygen atoms in total. The van der Waals surface area contributed by atoms with Gasteiger partial charge in [0, 0.05) is 0 Å². The number of halogens is 3. The van der Waals surface area contributed by atoms with Crippen LogP contribution in [0.2, 0.25) is 0 Å². The first-order chi connectivity index (χ1) is 14.5. The average molecular weight is 468 g/mol. The van der Waals surface area contributed by atoms with Gasteiger partial charge in [-0.15, -0.1) is 11.3 Å². The number of hydrogen-bond donors (Lipinski definition) is 1. The van der Waals surface area contributed by atoms with Crippen molar-refractivity contribution in [2.75, 3.05) is 17.7 Å². The molecule has 0 aliphatic heterocycles. The Bertz CT molecular complexity index is 1110. The maximum absolute atomic E-state index is 13.0. The Kier molecular flexibility index (Phi) is 7.65. The number of nitrogens with one attached hydrogen (secondary N) is 1. The number of aromatic nitrogens is 1. The van der Waals surface area contributed by atoms with Crippen molar-refractivity contribution in [3.63, 3.8) is 0 Å². The number of hydrogen-bond acceptors (Lipinski definition) is 8. The van der Waals surface area contributed by atoms with Crippen LogP contribution in [-0.2, 0) is 15.7 Å². The van der Waals surface area contributed by atoms with Gasteiger partial charge in [-0.25, -0.2) is 9.78 Å². The Hall–Kier alpha value is -3.09. The van der Waals surface area contributed by atoms with E-state index in [9.17, 15) is 33.3 Å². The van der Waals surface area contributed by atoms with Gasteiger partial charge in [0.05, 0.1) is 23.5 Å². The lowest BCUT2D eigenvalue weighted by Gasteiger charge is -2.11. The Morgan fingerprint density at radius 2 is 1.90 bits per heavy atom. The number of alkyl halides is 3. The minimum Gasteiger partial charge on any atom is -0.462 e. The molecule has 0 radical (unpaired) electrons. The van der Waals surface area contributed by atoms with E-state index < -0.39 is 23.7 Å². The van der Waals surface area contributed by atoms with E-state index in [1.807, 2.05) is 6.07 Å². The number of carbonyl (C=O) groups excluding carboxylic acids is 2. The quantitative estimate of drug-likeness (QED) is 0.492. The van der Waals surface area contributed by atoms with Crippen molar-refractivity contribution in [1.82, 2.24) is 4.98 Å².